The van der Waals surface area contributed by atoms with Crippen LogP contribution in [0.5, 0.6) is 0 Å². The SMILES string of the molecule is CC(C)CC(O)CNC1CCOC2(CCSC2)C1. The zero-order valence-electron chi connectivity index (χ0n) is 11.7. The summed E-state index contributed by atoms with van der Waals surface area (Å²) in [6.45, 7) is 5.91. The highest BCUT2D eigenvalue weighted by Gasteiger charge is 2.40. The molecule has 4 heteroatoms. The molecule has 0 radical (unpaired) electrons. The fraction of sp³-hybridized carbons (Fsp3) is 1.00. The second kappa shape index (κ2) is 6.60. The van der Waals surface area contributed by atoms with Gasteiger partial charge in [0.05, 0.1) is 11.7 Å². The Labute approximate surface area is 115 Å². The predicted molar refractivity (Wildman–Crippen MR) is 77.1 cm³/mol. The van der Waals surface area contributed by atoms with E-state index in [1.807, 2.05) is 11.8 Å². The molecule has 2 aliphatic heterocycles. The van der Waals surface area contributed by atoms with Crippen LogP contribution in [0, 0.1) is 5.92 Å². The molecule has 3 nitrogen and oxygen atoms in total. The van der Waals surface area contributed by atoms with E-state index in [1.54, 1.807) is 0 Å². The third-order valence-electron chi connectivity index (χ3n) is 3.95. The van der Waals surface area contributed by atoms with Crippen LogP contribution in [-0.4, -0.2) is 47.5 Å². The zero-order valence-corrected chi connectivity index (χ0v) is 12.5. The third-order valence-corrected chi connectivity index (χ3v) is 5.17. The Hall–Kier alpha value is 0.230. The van der Waals surface area contributed by atoms with E-state index >= 15 is 0 Å². The highest BCUT2D eigenvalue weighted by Crippen LogP contribution is 2.38. The summed E-state index contributed by atoms with van der Waals surface area (Å²) in [5, 5.41) is 13.4. The summed E-state index contributed by atoms with van der Waals surface area (Å²) in [4.78, 5) is 0. The first kappa shape index (κ1) is 14.6. The van der Waals surface area contributed by atoms with Crippen LogP contribution < -0.4 is 5.32 Å². The number of aliphatic hydroxyl groups excluding tert-OH is 1. The minimum atomic E-state index is -0.207. The molecular formula is C14H27NO2S. The molecule has 18 heavy (non-hydrogen) atoms. The summed E-state index contributed by atoms with van der Waals surface area (Å²) >= 11 is 2.01. The largest absolute Gasteiger partial charge is 0.392 e. The van der Waals surface area contributed by atoms with Crippen molar-refractivity contribution < 1.29 is 9.84 Å². The minimum absolute atomic E-state index is 0.142. The van der Waals surface area contributed by atoms with Crippen LogP contribution in [0.15, 0.2) is 0 Å². The van der Waals surface area contributed by atoms with Gasteiger partial charge in [-0.05, 0) is 37.4 Å². The lowest BCUT2D eigenvalue weighted by Gasteiger charge is -2.38. The third kappa shape index (κ3) is 4.12. The molecule has 2 N–H and O–H groups in total. The van der Waals surface area contributed by atoms with Crippen molar-refractivity contribution in [2.24, 2.45) is 5.92 Å². The molecule has 2 rings (SSSR count). The van der Waals surface area contributed by atoms with E-state index in [-0.39, 0.29) is 11.7 Å². The van der Waals surface area contributed by atoms with Crippen molar-refractivity contribution in [1.82, 2.24) is 5.32 Å². The van der Waals surface area contributed by atoms with Gasteiger partial charge in [-0.2, -0.15) is 11.8 Å². The summed E-state index contributed by atoms with van der Waals surface area (Å²) in [6, 6.07) is 0.527. The second-order valence-corrected chi connectivity index (χ2v) is 7.32. The first-order valence-electron chi connectivity index (χ1n) is 7.23. The molecule has 106 valence electrons. The van der Waals surface area contributed by atoms with Crippen LogP contribution in [-0.2, 0) is 4.74 Å². The van der Waals surface area contributed by atoms with E-state index in [0.29, 0.717) is 12.0 Å². The van der Waals surface area contributed by atoms with Crippen molar-refractivity contribution in [1.29, 1.82) is 0 Å². The van der Waals surface area contributed by atoms with Crippen molar-refractivity contribution in [2.45, 2.75) is 57.3 Å². The highest BCUT2D eigenvalue weighted by molar-refractivity contribution is 7.99. The fourth-order valence-electron chi connectivity index (χ4n) is 3.00. The van der Waals surface area contributed by atoms with E-state index in [1.165, 1.54) is 12.2 Å². The second-order valence-electron chi connectivity index (χ2n) is 6.22. The first-order valence-corrected chi connectivity index (χ1v) is 8.38. The molecular weight excluding hydrogens is 246 g/mol. The lowest BCUT2D eigenvalue weighted by atomic mass is 9.89. The van der Waals surface area contributed by atoms with Gasteiger partial charge in [0.25, 0.3) is 0 Å². The molecule has 2 saturated heterocycles. The van der Waals surface area contributed by atoms with E-state index in [0.717, 1.165) is 38.2 Å². The van der Waals surface area contributed by atoms with Crippen LogP contribution in [0.3, 0.4) is 0 Å². The number of hydrogen-bond donors (Lipinski definition) is 2. The molecule has 2 heterocycles. The molecule has 0 aromatic carbocycles. The van der Waals surface area contributed by atoms with Gasteiger partial charge in [-0.25, -0.2) is 0 Å². The van der Waals surface area contributed by atoms with E-state index in [4.69, 9.17) is 4.74 Å². The molecule has 2 fully saturated rings. The Morgan fingerprint density at radius 1 is 1.50 bits per heavy atom. The Balaban J connectivity index is 1.72. The minimum Gasteiger partial charge on any atom is -0.392 e. The van der Waals surface area contributed by atoms with Gasteiger partial charge in [-0.3, -0.25) is 0 Å². The van der Waals surface area contributed by atoms with Crippen molar-refractivity contribution in [3.05, 3.63) is 0 Å². The van der Waals surface area contributed by atoms with Gasteiger partial charge >= 0.3 is 0 Å². The number of hydrogen-bond acceptors (Lipinski definition) is 4. The van der Waals surface area contributed by atoms with Gasteiger partial charge in [-0.15, -0.1) is 0 Å². The van der Waals surface area contributed by atoms with Gasteiger partial charge in [0.2, 0.25) is 0 Å². The number of aliphatic hydroxyl groups is 1. The molecule has 0 amide bonds. The summed E-state index contributed by atoms with van der Waals surface area (Å²) < 4.78 is 6.00. The average Bonchev–Trinajstić information content (AvgIpc) is 2.74. The highest BCUT2D eigenvalue weighted by atomic mass is 32.2. The maximum atomic E-state index is 9.91. The van der Waals surface area contributed by atoms with E-state index in [9.17, 15) is 5.11 Å². The summed E-state index contributed by atoms with van der Waals surface area (Å²) in [5.41, 5.74) is 0.142. The number of nitrogens with one attached hydrogen (secondary N) is 1. The molecule has 3 atom stereocenters. The van der Waals surface area contributed by atoms with Gasteiger partial charge < -0.3 is 15.2 Å². The maximum Gasteiger partial charge on any atom is 0.0795 e. The van der Waals surface area contributed by atoms with Gasteiger partial charge in [-0.1, -0.05) is 13.8 Å². The number of thioether (sulfide) groups is 1. The zero-order chi connectivity index (χ0) is 13.0. The summed E-state index contributed by atoms with van der Waals surface area (Å²) in [5.74, 6) is 2.96. The van der Waals surface area contributed by atoms with E-state index < -0.39 is 0 Å². The normalized spacial score (nSPS) is 34.3. The van der Waals surface area contributed by atoms with Crippen LogP contribution in [0.4, 0.5) is 0 Å². The lowest BCUT2D eigenvalue weighted by Crippen LogP contribution is -2.48. The predicted octanol–water partition coefficient (Wildman–Crippen LogP) is 2.04. The molecule has 0 aromatic rings. The average molecular weight is 273 g/mol. The molecule has 2 aliphatic rings. The Morgan fingerprint density at radius 2 is 2.33 bits per heavy atom. The van der Waals surface area contributed by atoms with Crippen molar-refractivity contribution in [3.8, 4) is 0 Å². The fourth-order valence-corrected chi connectivity index (χ4v) is 4.37. The van der Waals surface area contributed by atoms with Gasteiger partial charge in [0.15, 0.2) is 0 Å². The van der Waals surface area contributed by atoms with E-state index in [2.05, 4.69) is 19.2 Å². The monoisotopic (exact) mass is 273 g/mol. The van der Waals surface area contributed by atoms with Gasteiger partial charge in [0, 0.05) is 24.9 Å². The van der Waals surface area contributed by atoms with Crippen molar-refractivity contribution >= 4 is 11.8 Å². The first-order chi connectivity index (χ1) is 8.60. The van der Waals surface area contributed by atoms with Crippen LogP contribution in [0.25, 0.3) is 0 Å². The molecule has 3 unspecified atom stereocenters. The number of rotatable bonds is 5. The molecule has 0 saturated carbocycles. The molecule has 0 aromatic heterocycles. The number of ether oxygens (including phenoxy) is 1. The van der Waals surface area contributed by atoms with Gasteiger partial charge in [0.1, 0.15) is 0 Å². The van der Waals surface area contributed by atoms with Crippen molar-refractivity contribution in [3.63, 3.8) is 0 Å². The molecule has 0 bridgehead atoms. The van der Waals surface area contributed by atoms with Crippen LogP contribution in [0.1, 0.15) is 39.5 Å². The van der Waals surface area contributed by atoms with Crippen LogP contribution >= 0.6 is 11.8 Å². The van der Waals surface area contributed by atoms with Crippen molar-refractivity contribution in [2.75, 3.05) is 24.7 Å². The topological polar surface area (TPSA) is 41.5 Å². The standard InChI is InChI=1S/C14H27NO2S/c1-11(2)7-13(16)9-15-12-3-5-17-14(8-12)4-6-18-10-14/h11-13,15-16H,3-10H2,1-2H3. The lowest BCUT2D eigenvalue weighted by molar-refractivity contribution is -0.0711. The maximum absolute atomic E-state index is 9.91. The quantitative estimate of drug-likeness (QED) is 0.804. The Morgan fingerprint density at radius 3 is 3.00 bits per heavy atom. The smallest absolute Gasteiger partial charge is 0.0795 e. The Bertz CT molecular complexity index is 254. The van der Waals surface area contributed by atoms with Crippen LogP contribution in [0.2, 0.25) is 0 Å². The summed E-state index contributed by atoms with van der Waals surface area (Å²) in [6.07, 6.45) is 4.08. The molecule has 0 aliphatic carbocycles. The Kier molecular flexibility index (Phi) is 5.36. The molecule has 1 spiro atoms. The summed E-state index contributed by atoms with van der Waals surface area (Å²) in [7, 11) is 0.